The highest BCUT2D eigenvalue weighted by molar-refractivity contribution is 5.84. The zero-order valence-electron chi connectivity index (χ0n) is 35.1. The number of hydrogen-bond acceptors (Lipinski definition) is 4. The minimum absolute atomic E-state index is 0.538. The number of rotatable bonds is 13. The molecule has 4 heteroatoms. The summed E-state index contributed by atoms with van der Waals surface area (Å²) in [6, 6.07) is 73.3. The van der Waals surface area contributed by atoms with E-state index in [4.69, 9.17) is 14.7 Å². The van der Waals surface area contributed by atoms with Gasteiger partial charge in [0.25, 0.3) is 0 Å². The number of hydrogen-bond donors (Lipinski definition) is 0. The average molecular weight is 814 g/mol. The molecule has 0 atom stereocenters. The Balaban J connectivity index is 0.908. The average Bonchev–Trinajstić information content (AvgIpc) is 3.86. The second-order valence-electron chi connectivity index (χ2n) is 16.1. The van der Waals surface area contributed by atoms with Crippen molar-refractivity contribution < 1.29 is 4.74 Å². The van der Waals surface area contributed by atoms with E-state index in [1.54, 1.807) is 0 Å². The van der Waals surface area contributed by atoms with Crippen LogP contribution < -0.4 is 4.90 Å². The number of anilines is 1. The van der Waals surface area contributed by atoms with Crippen LogP contribution in [0.3, 0.4) is 0 Å². The minimum atomic E-state index is 0.538. The van der Waals surface area contributed by atoms with Gasteiger partial charge in [-0.3, -0.25) is 9.97 Å². The van der Waals surface area contributed by atoms with Gasteiger partial charge in [-0.15, -0.1) is 0 Å². The van der Waals surface area contributed by atoms with Crippen LogP contribution in [-0.4, -0.2) is 16.7 Å². The lowest BCUT2D eigenvalue weighted by Gasteiger charge is -2.15. The van der Waals surface area contributed by atoms with E-state index in [0.717, 1.165) is 70.8 Å². The Morgan fingerprint density at radius 1 is 0.365 bits per heavy atom. The topological polar surface area (TPSA) is 38.3 Å². The molecule has 7 aromatic carbocycles. The molecule has 0 bridgehead atoms. The van der Waals surface area contributed by atoms with E-state index < -0.39 is 0 Å². The van der Waals surface area contributed by atoms with Crippen molar-refractivity contribution in [1.29, 1.82) is 0 Å². The standard InChI is InChI=1S/C59H47N3O/c1-4-13-46(14-5-1)47-27-29-48(30-28-47)50-17-12-18-51(38-50)59-34-31-52(40-61-59)56-21-10-11-22-57(56)53-36-44(24-23-43-26-33-58(60-39-43)49-15-6-2-7-16-49)35-45(37-53)25-32-55-41-62(42-63-55)54-19-8-3-9-20-54/h1-22,26-31,33-41H,23-25,32,42H2. The molecule has 3 heterocycles. The molecule has 1 aliphatic rings. The summed E-state index contributed by atoms with van der Waals surface area (Å²) in [4.78, 5) is 12.0. The van der Waals surface area contributed by atoms with Gasteiger partial charge in [-0.2, -0.15) is 0 Å². The third-order valence-corrected chi connectivity index (χ3v) is 11.9. The van der Waals surface area contributed by atoms with Crippen molar-refractivity contribution in [2.45, 2.75) is 25.7 Å². The first kappa shape index (κ1) is 39.3. The van der Waals surface area contributed by atoms with E-state index in [0.29, 0.717) is 6.73 Å². The van der Waals surface area contributed by atoms with Crippen LogP contribution in [0.4, 0.5) is 5.69 Å². The van der Waals surface area contributed by atoms with Crippen molar-refractivity contribution >= 4 is 5.69 Å². The number of allylic oxidation sites excluding steroid dienone is 1. The van der Waals surface area contributed by atoms with Crippen LogP contribution in [0.15, 0.2) is 231 Å². The van der Waals surface area contributed by atoms with Crippen LogP contribution in [0.5, 0.6) is 0 Å². The molecular formula is C59H47N3O. The Labute approximate surface area is 370 Å². The zero-order chi connectivity index (χ0) is 42.2. The number of aryl methyl sites for hydroxylation is 3. The number of nitrogens with zero attached hydrogens (tertiary/aromatic N) is 3. The molecule has 1 aliphatic heterocycles. The van der Waals surface area contributed by atoms with Crippen LogP contribution >= 0.6 is 0 Å². The van der Waals surface area contributed by atoms with Gasteiger partial charge in [0.15, 0.2) is 6.73 Å². The molecule has 0 N–H and O–H groups in total. The zero-order valence-corrected chi connectivity index (χ0v) is 35.1. The molecule has 0 saturated heterocycles. The van der Waals surface area contributed by atoms with Crippen LogP contribution in [0.1, 0.15) is 23.1 Å². The van der Waals surface area contributed by atoms with Gasteiger partial charge in [0.05, 0.1) is 11.4 Å². The van der Waals surface area contributed by atoms with Crippen molar-refractivity contribution in [2.24, 2.45) is 0 Å². The molecule has 4 nitrogen and oxygen atoms in total. The Bertz CT molecular complexity index is 2960. The molecule has 304 valence electrons. The van der Waals surface area contributed by atoms with Crippen LogP contribution in [0.25, 0.3) is 67.0 Å². The fourth-order valence-corrected chi connectivity index (χ4v) is 8.48. The van der Waals surface area contributed by atoms with Gasteiger partial charge in [-0.25, -0.2) is 0 Å². The molecule has 0 saturated carbocycles. The fourth-order valence-electron chi connectivity index (χ4n) is 8.48. The van der Waals surface area contributed by atoms with E-state index in [1.807, 2.05) is 24.5 Å². The van der Waals surface area contributed by atoms with Crippen molar-refractivity contribution in [3.05, 3.63) is 247 Å². The predicted octanol–water partition coefficient (Wildman–Crippen LogP) is 14.5. The lowest BCUT2D eigenvalue weighted by atomic mass is 9.91. The maximum absolute atomic E-state index is 6.17. The number of para-hydroxylation sites is 1. The summed E-state index contributed by atoms with van der Waals surface area (Å²) in [7, 11) is 0. The van der Waals surface area contributed by atoms with Crippen LogP contribution in [-0.2, 0) is 24.0 Å². The summed E-state index contributed by atoms with van der Waals surface area (Å²) < 4.78 is 6.17. The largest absolute Gasteiger partial charge is 0.476 e. The highest BCUT2D eigenvalue weighted by Gasteiger charge is 2.16. The number of ether oxygens (including phenoxy) is 1. The van der Waals surface area contributed by atoms with E-state index >= 15 is 0 Å². The summed E-state index contributed by atoms with van der Waals surface area (Å²) in [5, 5.41) is 0. The minimum Gasteiger partial charge on any atom is -0.476 e. The van der Waals surface area contributed by atoms with Gasteiger partial charge in [0, 0.05) is 47.4 Å². The molecule has 2 aromatic heterocycles. The molecule has 63 heavy (non-hydrogen) atoms. The summed E-state index contributed by atoms with van der Waals surface area (Å²) in [5.41, 5.74) is 18.6. The monoisotopic (exact) mass is 813 g/mol. The summed E-state index contributed by atoms with van der Waals surface area (Å²) in [6.45, 7) is 0.538. The Morgan fingerprint density at radius 2 is 0.889 bits per heavy atom. The van der Waals surface area contributed by atoms with E-state index in [9.17, 15) is 0 Å². The smallest absolute Gasteiger partial charge is 0.164 e. The molecule has 0 radical (unpaired) electrons. The SMILES string of the molecule is C1=C(CCc2cc(CCc3ccc(-c4ccccc4)nc3)cc(-c3ccccc3-c3ccc(-c4cccc(-c5ccc(-c6ccccc6)cc5)c4)nc3)c2)OCN1c1ccccc1. The van der Waals surface area contributed by atoms with Gasteiger partial charge < -0.3 is 9.64 Å². The second kappa shape index (κ2) is 18.4. The maximum Gasteiger partial charge on any atom is 0.164 e. The van der Waals surface area contributed by atoms with Gasteiger partial charge >= 0.3 is 0 Å². The predicted molar refractivity (Wildman–Crippen MR) is 260 cm³/mol. The van der Waals surface area contributed by atoms with Gasteiger partial charge in [0.1, 0.15) is 5.76 Å². The van der Waals surface area contributed by atoms with Crippen molar-refractivity contribution in [3.63, 3.8) is 0 Å². The maximum atomic E-state index is 6.17. The van der Waals surface area contributed by atoms with E-state index in [1.165, 1.54) is 50.1 Å². The fraction of sp³-hybridized carbons (Fsp3) is 0.0847. The first-order valence-electron chi connectivity index (χ1n) is 21.8. The summed E-state index contributed by atoms with van der Waals surface area (Å²) in [6.07, 6.45) is 9.70. The Kier molecular flexibility index (Phi) is 11.5. The first-order chi connectivity index (χ1) is 31.2. The number of aromatic nitrogens is 2. The molecule has 9 aromatic rings. The van der Waals surface area contributed by atoms with E-state index in [-0.39, 0.29) is 0 Å². The first-order valence-corrected chi connectivity index (χ1v) is 21.8. The van der Waals surface area contributed by atoms with Gasteiger partial charge in [0.2, 0.25) is 0 Å². The Morgan fingerprint density at radius 3 is 1.57 bits per heavy atom. The lowest BCUT2D eigenvalue weighted by molar-refractivity contribution is 0.235. The molecular weight excluding hydrogens is 767 g/mol. The van der Waals surface area contributed by atoms with Gasteiger partial charge in [-0.05, 0) is 105 Å². The highest BCUT2D eigenvalue weighted by Crippen LogP contribution is 2.35. The molecule has 0 spiro atoms. The quantitative estimate of drug-likeness (QED) is 0.116. The third kappa shape index (κ3) is 9.27. The van der Waals surface area contributed by atoms with Crippen molar-refractivity contribution in [1.82, 2.24) is 9.97 Å². The Hall–Kier alpha value is -7.82. The van der Waals surface area contributed by atoms with Gasteiger partial charge in [-0.1, -0.05) is 176 Å². The van der Waals surface area contributed by atoms with Crippen LogP contribution in [0.2, 0.25) is 0 Å². The number of pyridine rings is 2. The third-order valence-electron chi connectivity index (χ3n) is 11.9. The molecule has 0 amide bonds. The molecule has 0 fully saturated rings. The summed E-state index contributed by atoms with van der Waals surface area (Å²) in [5.74, 6) is 1.01. The van der Waals surface area contributed by atoms with Crippen molar-refractivity contribution in [3.8, 4) is 67.0 Å². The van der Waals surface area contributed by atoms with Crippen LogP contribution in [0, 0.1) is 0 Å². The number of benzene rings is 7. The molecule has 10 rings (SSSR count). The second-order valence-corrected chi connectivity index (χ2v) is 16.1. The highest BCUT2D eigenvalue weighted by atomic mass is 16.5. The van der Waals surface area contributed by atoms with Crippen molar-refractivity contribution in [2.75, 3.05) is 11.6 Å². The normalized spacial score (nSPS) is 12.2. The van der Waals surface area contributed by atoms with E-state index in [2.05, 4.69) is 205 Å². The summed E-state index contributed by atoms with van der Waals surface area (Å²) >= 11 is 0. The lowest BCUT2D eigenvalue weighted by Crippen LogP contribution is -2.12. The molecule has 0 aliphatic carbocycles. The molecule has 0 unspecified atom stereocenters.